The summed E-state index contributed by atoms with van der Waals surface area (Å²) in [5, 5.41) is 9.22. The molecule has 2 unspecified atom stereocenters. The highest BCUT2D eigenvalue weighted by atomic mass is 32.2. The molecule has 0 amide bonds. The first-order valence-electron chi connectivity index (χ1n) is 7.72. The number of hydrogen-bond donors (Lipinski definition) is 1. The Bertz CT molecular complexity index is 698. The number of carboxylic acids is 1. The van der Waals surface area contributed by atoms with Crippen LogP contribution in [0.15, 0.2) is 23.1 Å². The number of carboxylic acid groups (broad SMARTS) is 1. The Morgan fingerprint density at radius 3 is 2.68 bits per heavy atom. The lowest BCUT2D eigenvalue weighted by Crippen LogP contribution is -2.45. The van der Waals surface area contributed by atoms with Gasteiger partial charge in [0.15, 0.2) is 0 Å². The SMILES string of the molecule is CC1CC(C(=O)O)CN(S(=O)(=O)c2ccc3c(c2)CCC3)C1. The third-order valence-corrected chi connectivity index (χ3v) is 6.51. The zero-order valence-electron chi connectivity index (χ0n) is 12.7. The van der Waals surface area contributed by atoms with Crippen molar-refractivity contribution in [2.45, 2.75) is 37.5 Å². The molecule has 6 heteroatoms. The third kappa shape index (κ3) is 2.77. The Balaban J connectivity index is 1.90. The Morgan fingerprint density at radius 2 is 1.95 bits per heavy atom. The van der Waals surface area contributed by atoms with E-state index in [1.54, 1.807) is 12.1 Å². The van der Waals surface area contributed by atoms with Crippen molar-refractivity contribution < 1.29 is 18.3 Å². The molecule has 0 aromatic heterocycles. The van der Waals surface area contributed by atoms with E-state index in [9.17, 15) is 18.3 Å². The zero-order chi connectivity index (χ0) is 15.9. The normalized spacial score (nSPS) is 25.9. The topological polar surface area (TPSA) is 74.7 Å². The van der Waals surface area contributed by atoms with Crippen LogP contribution in [0.3, 0.4) is 0 Å². The van der Waals surface area contributed by atoms with Gasteiger partial charge in [0.1, 0.15) is 0 Å². The van der Waals surface area contributed by atoms with E-state index in [1.807, 2.05) is 13.0 Å². The van der Waals surface area contributed by atoms with Crippen molar-refractivity contribution >= 4 is 16.0 Å². The van der Waals surface area contributed by atoms with Crippen LogP contribution in [0.5, 0.6) is 0 Å². The number of rotatable bonds is 3. The van der Waals surface area contributed by atoms with Gasteiger partial charge in [0.2, 0.25) is 10.0 Å². The zero-order valence-corrected chi connectivity index (χ0v) is 13.5. The summed E-state index contributed by atoms with van der Waals surface area (Å²) >= 11 is 0. The van der Waals surface area contributed by atoms with Crippen molar-refractivity contribution in [1.29, 1.82) is 0 Å². The van der Waals surface area contributed by atoms with Crippen LogP contribution >= 0.6 is 0 Å². The van der Waals surface area contributed by atoms with Crippen molar-refractivity contribution in [2.75, 3.05) is 13.1 Å². The molecule has 0 radical (unpaired) electrons. The van der Waals surface area contributed by atoms with Gasteiger partial charge < -0.3 is 5.11 Å². The van der Waals surface area contributed by atoms with Crippen LogP contribution in [-0.2, 0) is 27.7 Å². The van der Waals surface area contributed by atoms with Crippen molar-refractivity contribution in [2.24, 2.45) is 11.8 Å². The molecule has 22 heavy (non-hydrogen) atoms. The number of hydrogen-bond acceptors (Lipinski definition) is 3. The third-order valence-electron chi connectivity index (χ3n) is 4.68. The van der Waals surface area contributed by atoms with Crippen molar-refractivity contribution in [3.63, 3.8) is 0 Å². The molecule has 1 aromatic carbocycles. The van der Waals surface area contributed by atoms with Crippen LogP contribution in [0, 0.1) is 11.8 Å². The lowest BCUT2D eigenvalue weighted by Gasteiger charge is -2.33. The van der Waals surface area contributed by atoms with E-state index in [2.05, 4.69) is 0 Å². The molecule has 0 bridgehead atoms. The molecule has 1 N–H and O–H groups in total. The second-order valence-electron chi connectivity index (χ2n) is 6.48. The predicted octanol–water partition coefficient (Wildman–Crippen LogP) is 1.91. The van der Waals surface area contributed by atoms with E-state index in [-0.39, 0.29) is 12.5 Å². The average Bonchev–Trinajstić information content (AvgIpc) is 2.93. The number of aliphatic carboxylic acids is 1. The molecular weight excluding hydrogens is 302 g/mol. The van der Waals surface area contributed by atoms with Gasteiger partial charge in [-0.2, -0.15) is 4.31 Å². The maximum absolute atomic E-state index is 12.8. The number of benzene rings is 1. The van der Waals surface area contributed by atoms with Crippen LogP contribution in [0.2, 0.25) is 0 Å². The summed E-state index contributed by atoms with van der Waals surface area (Å²) in [6.07, 6.45) is 3.54. The van der Waals surface area contributed by atoms with Crippen molar-refractivity contribution in [3.05, 3.63) is 29.3 Å². The summed E-state index contributed by atoms with van der Waals surface area (Å²) in [5.74, 6) is -1.48. The van der Waals surface area contributed by atoms with Crippen molar-refractivity contribution in [3.8, 4) is 0 Å². The largest absolute Gasteiger partial charge is 0.481 e. The summed E-state index contributed by atoms with van der Waals surface area (Å²) < 4.78 is 27.0. The number of fused-ring (bicyclic) bond motifs is 1. The summed E-state index contributed by atoms with van der Waals surface area (Å²) in [5.41, 5.74) is 2.34. The first-order valence-corrected chi connectivity index (χ1v) is 9.16. The smallest absolute Gasteiger partial charge is 0.307 e. The maximum Gasteiger partial charge on any atom is 0.307 e. The quantitative estimate of drug-likeness (QED) is 0.922. The summed E-state index contributed by atoms with van der Waals surface area (Å²) in [7, 11) is -3.61. The molecule has 5 nitrogen and oxygen atoms in total. The molecule has 0 saturated carbocycles. The molecule has 2 aliphatic rings. The average molecular weight is 323 g/mol. The van der Waals surface area contributed by atoms with Crippen LogP contribution in [0.25, 0.3) is 0 Å². The first-order chi connectivity index (χ1) is 10.4. The highest BCUT2D eigenvalue weighted by molar-refractivity contribution is 7.89. The van der Waals surface area contributed by atoms with E-state index < -0.39 is 21.9 Å². The standard InChI is InChI=1S/C16H21NO4S/c1-11-7-14(16(18)19)10-17(9-11)22(20,21)15-6-5-12-3-2-4-13(12)8-15/h5-6,8,11,14H,2-4,7,9-10H2,1H3,(H,18,19). The molecule has 1 saturated heterocycles. The maximum atomic E-state index is 12.8. The highest BCUT2D eigenvalue weighted by Crippen LogP contribution is 2.30. The predicted molar refractivity (Wildman–Crippen MR) is 82.1 cm³/mol. The number of sulfonamides is 1. The van der Waals surface area contributed by atoms with E-state index in [0.29, 0.717) is 17.9 Å². The Hall–Kier alpha value is -1.40. The van der Waals surface area contributed by atoms with E-state index in [4.69, 9.17) is 0 Å². The molecular formula is C16H21NO4S. The number of aryl methyl sites for hydroxylation is 2. The number of carbonyl (C=O) groups is 1. The molecule has 1 aliphatic heterocycles. The molecule has 2 atom stereocenters. The molecule has 120 valence electrons. The molecule has 1 fully saturated rings. The second-order valence-corrected chi connectivity index (χ2v) is 8.42. The fourth-order valence-corrected chi connectivity index (χ4v) is 5.19. The Kier molecular flexibility index (Phi) is 3.99. The van der Waals surface area contributed by atoms with Gasteiger partial charge in [0.05, 0.1) is 10.8 Å². The van der Waals surface area contributed by atoms with Crippen LogP contribution in [0.4, 0.5) is 0 Å². The summed E-state index contributed by atoms with van der Waals surface area (Å²) in [6, 6.07) is 5.33. The van der Waals surface area contributed by atoms with Gasteiger partial charge in [-0.25, -0.2) is 8.42 Å². The second kappa shape index (κ2) is 5.66. The lowest BCUT2D eigenvalue weighted by atomic mass is 9.92. The minimum absolute atomic E-state index is 0.0547. The van der Waals surface area contributed by atoms with Gasteiger partial charge in [0.25, 0.3) is 0 Å². The molecule has 1 aliphatic carbocycles. The molecule has 3 rings (SSSR count). The van der Waals surface area contributed by atoms with Crippen LogP contribution < -0.4 is 0 Å². The Labute approximate surface area is 131 Å². The van der Waals surface area contributed by atoms with Gasteiger partial charge in [-0.15, -0.1) is 0 Å². The molecule has 1 aromatic rings. The van der Waals surface area contributed by atoms with Crippen LogP contribution in [0.1, 0.15) is 30.9 Å². The monoisotopic (exact) mass is 323 g/mol. The minimum atomic E-state index is -3.61. The van der Waals surface area contributed by atoms with Gasteiger partial charge in [-0.05, 0) is 54.9 Å². The van der Waals surface area contributed by atoms with Gasteiger partial charge in [0, 0.05) is 13.1 Å². The number of piperidine rings is 1. The van der Waals surface area contributed by atoms with Gasteiger partial charge in [-0.1, -0.05) is 13.0 Å². The highest BCUT2D eigenvalue weighted by Gasteiger charge is 2.36. The first kappa shape index (κ1) is 15.5. The van der Waals surface area contributed by atoms with Gasteiger partial charge >= 0.3 is 5.97 Å². The molecule has 1 heterocycles. The summed E-state index contributed by atoms with van der Waals surface area (Å²) in [6.45, 7) is 2.36. The summed E-state index contributed by atoms with van der Waals surface area (Å²) in [4.78, 5) is 11.5. The van der Waals surface area contributed by atoms with Crippen molar-refractivity contribution in [1.82, 2.24) is 4.31 Å². The van der Waals surface area contributed by atoms with Crippen LogP contribution in [-0.4, -0.2) is 36.9 Å². The fourth-order valence-electron chi connectivity index (χ4n) is 3.54. The van der Waals surface area contributed by atoms with E-state index in [1.165, 1.54) is 9.87 Å². The Morgan fingerprint density at radius 1 is 1.23 bits per heavy atom. The number of nitrogens with zero attached hydrogens (tertiary/aromatic N) is 1. The van der Waals surface area contributed by atoms with E-state index in [0.717, 1.165) is 24.8 Å². The minimum Gasteiger partial charge on any atom is -0.481 e. The van der Waals surface area contributed by atoms with Gasteiger partial charge in [-0.3, -0.25) is 4.79 Å². The lowest BCUT2D eigenvalue weighted by molar-refractivity contribution is -0.143. The van der Waals surface area contributed by atoms with E-state index >= 15 is 0 Å². The fraction of sp³-hybridized carbons (Fsp3) is 0.562. The molecule has 0 spiro atoms.